The van der Waals surface area contributed by atoms with Crippen LogP contribution in [-0.2, 0) is 27.4 Å². The summed E-state index contributed by atoms with van der Waals surface area (Å²) in [6.07, 6.45) is -3.51. The van der Waals surface area contributed by atoms with Gasteiger partial charge in [-0.05, 0) is 29.8 Å². The fourth-order valence-electron chi connectivity index (χ4n) is 2.68. The second-order valence-corrected chi connectivity index (χ2v) is 7.85. The summed E-state index contributed by atoms with van der Waals surface area (Å²) in [6.45, 7) is 0. The minimum atomic E-state index is -4.65. The summed E-state index contributed by atoms with van der Waals surface area (Å²) in [6, 6.07) is 10.3. The fraction of sp³-hybridized carbons (Fsp3) is 0.111. The molecule has 0 aliphatic heterocycles. The Morgan fingerprint density at radius 1 is 1.17 bits per heavy atom. The van der Waals surface area contributed by atoms with Gasteiger partial charge in [-0.3, -0.25) is 4.79 Å². The number of halogens is 3. The SMILES string of the molecule is Nc1ccccc1CC(=O)Nc1ccc(-n2cc(C(F)(F)F)cn2)c(S(N)(=O)=O)c1. The Morgan fingerprint density at radius 2 is 1.87 bits per heavy atom. The normalized spacial score (nSPS) is 12.0. The molecule has 0 aliphatic carbocycles. The average molecular weight is 439 g/mol. The van der Waals surface area contributed by atoms with E-state index in [1.54, 1.807) is 24.3 Å². The molecule has 1 aromatic heterocycles. The predicted molar refractivity (Wildman–Crippen MR) is 103 cm³/mol. The van der Waals surface area contributed by atoms with E-state index in [9.17, 15) is 26.4 Å². The Balaban J connectivity index is 1.91. The van der Waals surface area contributed by atoms with E-state index in [-0.39, 0.29) is 17.8 Å². The number of para-hydroxylation sites is 1. The van der Waals surface area contributed by atoms with Gasteiger partial charge in [0, 0.05) is 17.6 Å². The van der Waals surface area contributed by atoms with Gasteiger partial charge in [0.05, 0.1) is 23.9 Å². The Bertz CT molecular complexity index is 1210. The van der Waals surface area contributed by atoms with Crippen molar-refractivity contribution in [2.45, 2.75) is 17.5 Å². The Labute approximate surface area is 169 Å². The first kappa shape index (κ1) is 21.3. The number of nitrogens with two attached hydrogens (primary N) is 2. The van der Waals surface area contributed by atoms with Crippen molar-refractivity contribution in [2.75, 3.05) is 11.1 Å². The van der Waals surface area contributed by atoms with E-state index in [1.807, 2.05) is 0 Å². The van der Waals surface area contributed by atoms with E-state index >= 15 is 0 Å². The number of nitrogen functional groups attached to an aromatic ring is 1. The van der Waals surface area contributed by atoms with Crippen LogP contribution < -0.4 is 16.2 Å². The van der Waals surface area contributed by atoms with E-state index in [4.69, 9.17) is 10.9 Å². The molecule has 0 spiro atoms. The summed E-state index contributed by atoms with van der Waals surface area (Å²) in [5, 5.41) is 11.3. The summed E-state index contributed by atoms with van der Waals surface area (Å²) < 4.78 is 63.2. The number of amides is 1. The highest BCUT2D eigenvalue weighted by Gasteiger charge is 2.32. The molecule has 8 nitrogen and oxygen atoms in total. The quantitative estimate of drug-likeness (QED) is 0.525. The molecule has 1 amide bonds. The third kappa shape index (κ3) is 4.78. The molecule has 12 heteroatoms. The number of sulfonamides is 1. The molecule has 3 rings (SSSR count). The van der Waals surface area contributed by atoms with Gasteiger partial charge < -0.3 is 11.1 Å². The second kappa shape index (κ2) is 7.80. The molecule has 0 bridgehead atoms. The summed E-state index contributed by atoms with van der Waals surface area (Å²) in [4.78, 5) is 11.8. The minimum Gasteiger partial charge on any atom is -0.398 e. The molecule has 0 saturated heterocycles. The number of carbonyl (C=O) groups excluding carboxylic acids is 1. The molecule has 0 saturated carbocycles. The molecular formula is C18H16F3N5O3S. The number of alkyl halides is 3. The molecule has 0 unspecified atom stereocenters. The summed E-state index contributed by atoms with van der Waals surface area (Å²) in [5.74, 6) is -0.473. The zero-order valence-corrected chi connectivity index (χ0v) is 16.0. The first-order valence-corrected chi connectivity index (χ1v) is 9.92. The van der Waals surface area contributed by atoms with Crippen molar-refractivity contribution in [3.05, 3.63) is 66.0 Å². The van der Waals surface area contributed by atoms with Crippen LogP contribution in [0.1, 0.15) is 11.1 Å². The van der Waals surface area contributed by atoms with E-state index in [0.717, 1.165) is 10.7 Å². The van der Waals surface area contributed by atoms with Gasteiger partial charge in [0.15, 0.2) is 0 Å². The highest BCUT2D eigenvalue weighted by atomic mass is 32.2. The number of rotatable bonds is 5. The number of primary sulfonamides is 1. The number of aromatic nitrogens is 2. The standard InChI is InChI=1S/C18H16F3N5O3S/c19-18(20,21)12-9-24-26(10-12)15-6-5-13(8-16(15)30(23,28)29)25-17(27)7-11-3-1-2-4-14(11)22/h1-6,8-10H,7,22H2,(H,25,27)(H2,23,28,29). The number of hydrogen-bond donors (Lipinski definition) is 3. The minimum absolute atomic E-state index is 0.0623. The Kier molecular flexibility index (Phi) is 5.55. The highest BCUT2D eigenvalue weighted by molar-refractivity contribution is 7.89. The first-order valence-electron chi connectivity index (χ1n) is 8.37. The molecule has 1 heterocycles. The number of hydrogen-bond acceptors (Lipinski definition) is 5. The lowest BCUT2D eigenvalue weighted by molar-refractivity contribution is -0.137. The zero-order chi connectivity index (χ0) is 22.1. The number of benzene rings is 2. The molecule has 0 atom stereocenters. The molecule has 0 fully saturated rings. The van der Waals surface area contributed by atoms with E-state index in [1.165, 1.54) is 12.1 Å². The van der Waals surface area contributed by atoms with Crippen LogP contribution in [0.2, 0.25) is 0 Å². The van der Waals surface area contributed by atoms with Crippen LogP contribution in [0.15, 0.2) is 59.8 Å². The summed E-state index contributed by atoms with van der Waals surface area (Å²) in [7, 11) is -4.35. The van der Waals surface area contributed by atoms with Crippen molar-refractivity contribution in [3.8, 4) is 5.69 Å². The van der Waals surface area contributed by atoms with E-state index < -0.39 is 32.6 Å². The van der Waals surface area contributed by atoms with Crippen LogP contribution in [0, 0.1) is 0 Å². The van der Waals surface area contributed by atoms with Gasteiger partial charge in [0.25, 0.3) is 0 Å². The predicted octanol–water partition coefficient (Wildman–Crippen LogP) is 2.30. The summed E-state index contributed by atoms with van der Waals surface area (Å²) in [5.41, 5.74) is 5.63. The molecule has 0 radical (unpaired) electrons. The lowest BCUT2D eigenvalue weighted by atomic mass is 10.1. The van der Waals surface area contributed by atoms with Crippen LogP contribution in [0.5, 0.6) is 0 Å². The van der Waals surface area contributed by atoms with Gasteiger partial charge >= 0.3 is 6.18 Å². The topological polar surface area (TPSA) is 133 Å². The van der Waals surface area contributed by atoms with E-state index in [2.05, 4.69) is 10.4 Å². The van der Waals surface area contributed by atoms with Crippen LogP contribution >= 0.6 is 0 Å². The average Bonchev–Trinajstić information content (AvgIpc) is 3.13. The van der Waals surface area contributed by atoms with Crippen LogP contribution in [0.25, 0.3) is 5.69 Å². The second-order valence-electron chi connectivity index (χ2n) is 6.32. The van der Waals surface area contributed by atoms with Crippen molar-refractivity contribution in [1.29, 1.82) is 0 Å². The molecule has 158 valence electrons. The van der Waals surface area contributed by atoms with Crippen molar-refractivity contribution in [1.82, 2.24) is 9.78 Å². The first-order chi connectivity index (χ1) is 13.9. The lowest BCUT2D eigenvalue weighted by Gasteiger charge is -2.12. The van der Waals surface area contributed by atoms with Crippen molar-refractivity contribution in [2.24, 2.45) is 5.14 Å². The lowest BCUT2D eigenvalue weighted by Crippen LogP contribution is -2.18. The third-order valence-electron chi connectivity index (χ3n) is 4.11. The smallest absolute Gasteiger partial charge is 0.398 e. The van der Waals surface area contributed by atoms with Crippen LogP contribution in [-0.4, -0.2) is 24.1 Å². The summed E-state index contributed by atoms with van der Waals surface area (Å²) >= 11 is 0. The van der Waals surface area contributed by atoms with Gasteiger partial charge in [-0.25, -0.2) is 18.2 Å². The molecule has 2 aromatic carbocycles. The fourth-order valence-corrected chi connectivity index (χ4v) is 3.43. The maximum absolute atomic E-state index is 12.8. The van der Waals surface area contributed by atoms with Crippen molar-refractivity contribution < 1.29 is 26.4 Å². The third-order valence-corrected chi connectivity index (χ3v) is 5.05. The van der Waals surface area contributed by atoms with Gasteiger partial charge in [0.2, 0.25) is 15.9 Å². The Hall–Kier alpha value is -3.38. The number of anilines is 2. The van der Waals surface area contributed by atoms with Gasteiger partial charge in [-0.15, -0.1) is 0 Å². The Morgan fingerprint density at radius 3 is 2.47 bits per heavy atom. The van der Waals surface area contributed by atoms with Crippen molar-refractivity contribution in [3.63, 3.8) is 0 Å². The highest BCUT2D eigenvalue weighted by Crippen LogP contribution is 2.30. The number of carbonyl (C=O) groups is 1. The van der Waals surface area contributed by atoms with Crippen LogP contribution in [0.4, 0.5) is 24.5 Å². The number of nitrogens with one attached hydrogen (secondary N) is 1. The van der Waals surface area contributed by atoms with E-state index in [0.29, 0.717) is 23.6 Å². The number of nitrogens with zero attached hydrogens (tertiary/aromatic N) is 2. The molecule has 3 aromatic rings. The molecular weight excluding hydrogens is 423 g/mol. The zero-order valence-electron chi connectivity index (χ0n) is 15.2. The molecule has 5 N–H and O–H groups in total. The maximum Gasteiger partial charge on any atom is 0.419 e. The monoisotopic (exact) mass is 439 g/mol. The van der Waals surface area contributed by atoms with Gasteiger partial charge in [-0.2, -0.15) is 18.3 Å². The molecule has 0 aliphatic rings. The van der Waals surface area contributed by atoms with Crippen LogP contribution in [0.3, 0.4) is 0 Å². The van der Waals surface area contributed by atoms with Gasteiger partial charge in [-0.1, -0.05) is 18.2 Å². The maximum atomic E-state index is 12.8. The van der Waals surface area contributed by atoms with Gasteiger partial charge in [0.1, 0.15) is 4.90 Å². The molecule has 30 heavy (non-hydrogen) atoms. The largest absolute Gasteiger partial charge is 0.419 e. The van der Waals surface area contributed by atoms with Crippen molar-refractivity contribution >= 4 is 27.3 Å².